The Kier molecular flexibility index (Phi) is 6.95. The molecule has 23 heavy (non-hydrogen) atoms. The number of amides is 1. The molecular weight excluding hydrogens is 422 g/mol. The molecule has 1 aromatic heterocycles. The van der Waals surface area contributed by atoms with Gasteiger partial charge in [0.1, 0.15) is 0 Å². The fourth-order valence-corrected chi connectivity index (χ4v) is 6.20. The molecule has 1 amide bonds. The van der Waals surface area contributed by atoms with Crippen LogP contribution in [-0.2, 0) is 11.2 Å². The Hall–Kier alpha value is -1.02. The van der Waals surface area contributed by atoms with Crippen LogP contribution in [-0.4, -0.2) is 38.7 Å². The summed E-state index contributed by atoms with van der Waals surface area (Å²) in [5.41, 5.74) is 0.776. The molecule has 0 aliphatic rings. The molecule has 0 saturated heterocycles. The number of carbonyl (C=O) groups excluding carboxylic acids is 1. The van der Waals surface area contributed by atoms with Crippen molar-refractivity contribution in [2.45, 2.75) is 43.3 Å². The van der Waals surface area contributed by atoms with E-state index in [9.17, 15) is 4.79 Å². The molecule has 0 saturated carbocycles. The van der Waals surface area contributed by atoms with Gasteiger partial charge in [-0.2, -0.15) is 0 Å². The Labute approximate surface area is 152 Å². The summed E-state index contributed by atoms with van der Waals surface area (Å²) in [5.74, 6) is 0. The molecule has 3 nitrogen and oxygen atoms in total. The first kappa shape index (κ1) is 18.3. The van der Waals surface area contributed by atoms with Gasteiger partial charge in [0.2, 0.25) is 0 Å². The summed E-state index contributed by atoms with van der Waals surface area (Å²) in [5, 5.41) is 5.18. The second-order valence-corrected chi connectivity index (χ2v) is 11.1. The zero-order valence-corrected chi connectivity index (χ0v) is 16.9. The number of ether oxygens (including phenoxy) is 1. The second kappa shape index (κ2) is 8.73. The quantitative estimate of drug-likeness (QED) is 0.691. The molecular formula is C18H23NO2STe. The number of hydrogen-bond acceptors (Lipinski definition) is 3. The SMILES string of the molecule is CC(C)(C)OC(=O)N[C@H](C[Te]c1cccs1)Cc1ccccc1. The van der Waals surface area contributed by atoms with Crippen molar-refractivity contribution < 1.29 is 9.53 Å². The van der Waals surface area contributed by atoms with Gasteiger partial charge in [-0.3, -0.25) is 0 Å². The molecule has 1 aromatic carbocycles. The summed E-state index contributed by atoms with van der Waals surface area (Å²) < 4.78 is 7.91. The van der Waals surface area contributed by atoms with Crippen LogP contribution in [0.1, 0.15) is 26.3 Å². The molecule has 0 aliphatic heterocycles. The van der Waals surface area contributed by atoms with Crippen molar-refractivity contribution in [2.24, 2.45) is 0 Å². The van der Waals surface area contributed by atoms with Gasteiger partial charge in [0, 0.05) is 0 Å². The van der Waals surface area contributed by atoms with Crippen molar-refractivity contribution in [1.82, 2.24) is 5.32 Å². The number of thiophene rings is 1. The van der Waals surface area contributed by atoms with Crippen LogP contribution in [0.2, 0.25) is 4.47 Å². The summed E-state index contributed by atoms with van der Waals surface area (Å²) in [6, 6.07) is 14.7. The summed E-state index contributed by atoms with van der Waals surface area (Å²) in [6.45, 7) is 5.66. The van der Waals surface area contributed by atoms with Gasteiger partial charge in [-0.15, -0.1) is 0 Å². The third-order valence-electron chi connectivity index (χ3n) is 2.97. The van der Waals surface area contributed by atoms with Gasteiger partial charge < -0.3 is 0 Å². The van der Waals surface area contributed by atoms with E-state index in [1.54, 1.807) is 0 Å². The van der Waals surface area contributed by atoms with E-state index >= 15 is 0 Å². The average Bonchev–Trinajstić information content (AvgIpc) is 2.97. The fourth-order valence-electron chi connectivity index (χ4n) is 2.05. The molecule has 0 unspecified atom stereocenters. The summed E-state index contributed by atoms with van der Waals surface area (Å²) in [4.78, 5) is 12.1. The molecule has 0 bridgehead atoms. The topological polar surface area (TPSA) is 38.3 Å². The van der Waals surface area contributed by atoms with Gasteiger partial charge in [-0.1, -0.05) is 0 Å². The Morgan fingerprint density at radius 1 is 1.22 bits per heavy atom. The van der Waals surface area contributed by atoms with Crippen LogP contribution in [0, 0.1) is 0 Å². The van der Waals surface area contributed by atoms with Crippen LogP contribution in [0.5, 0.6) is 0 Å². The number of nitrogens with one attached hydrogen (secondary N) is 1. The molecule has 2 aromatic rings. The zero-order chi connectivity index (χ0) is 16.7. The van der Waals surface area contributed by atoms with Crippen LogP contribution >= 0.6 is 11.3 Å². The second-order valence-electron chi connectivity index (χ2n) is 6.28. The minimum atomic E-state index is -0.466. The fraction of sp³-hybridized carbons (Fsp3) is 0.389. The number of alkyl carbamates (subject to hydrolysis) is 1. The van der Waals surface area contributed by atoms with E-state index < -0.39 is 5.60 Å². The van der Waals surface area contributed by atoms with Gasteiger partial charge in [-0.25, -0.2) is 0 Å². The number of rotatable bonds is 6. The van der Waals surface area contributed by atoms with Crippen molar-refractivity contribution in [1.29, 1.82) is 0 Å². The predicted molar refractivity (Wildman–Crippen MR) is 97.8 cm³/mol. The van der Waals surface area contributed by atoms with Gasteiger partial charge >= 0.3 is 153 Å². The maximum absolute atomic E-state index is 12.1. The van der Waals surface area contributed by atoms with Gasteiger partial charge in [-0.05, 0) is 0 Å². The molecule has 2 rings (SSSR count). The normalized spacial score (nSPS) is 12.7. The predicted octanol–water partition coefficient (Wildman–Crippen LogP) is 3.63. The van der Waals surface area contributed by atoms with E-state index in [1.165, 1.54) is 8.49 Å². The first-order valence-corrected chi connectivity index (χ1v) is 11.3. The molecule has 0 radical (unpaired) electrons. The van der Waals surface area contributed by atoms with Crippen molar-refractivity contribution in [3.8, 4) is 0 Å². The summed E-state index contributed by atoms with van der Waals surface area (Å²) in [7, 11) is 0. The van der Waals surface area contributed by atoms with Gasteiger partial charge in [0.25, 0.3) is 0 Å². The number of hydrogen-bond donors (Lipinski definition) is 1. The standard InChI is InChI=1S/C18H23NO2STe/c1-18(2,3)21-17(20)19-15(12-14-8-5-4-6-9-14)13-23-16-10-7-11-22-16/h4-11,15H,12-13H2,1-3H3,(H,19,20)/t15-/m0/s1. The summed E-state index contributed by atoms with van der Waals surface area (Å²) >= 11 is 1.53. The van der Waals surface area contributed by atoms with E-state index in [4.69, 9.17) is 4.74 Å². The zero-order valence-electron chi connectivity index (χ0n) is 13.7. The van der Waals surface area contributed by atoms with E-state index in [0.717, 1.165) is 10.9 Å². The Bertz CT molecular complexity index is 593. The minimum absolute atomic E-state index is 0.122. The Morgan fingerprint density at radius 3 is 2.57 bits per heavy atom. The molecule has 1 N–H and O–H groups in total. The molecule has 0 fully saturated rings. The van der Waals surface area contributed by atoms with Crippen molar-refractivity contribution in [2.75, 3.05) is 0 Å². The van der Waals surface area contributed by atoms with Crippen LogP contribution in [0.25, 0.3) is 0 Å². The van der Waals surface area contributed by atoms with Crippen LogP contribution < -0.4 is 8.24 Å². The third-order valence-corrected chi connectivity index (χ3v) is 8.07. The third kappa shape index (κ3) is 7.39. The number of benzene rings is 1. The average molecular weight is 445 g/mol. The molecule has 124 valence electrons. The monoisotopic (exact) mass is 447 g/mol. The number of carbonyl (C=O) groups is 1. The summed E-state index contributed by atoms with van der Waals surface area (Å²) in [6.07, 6.45) is 0.521. The Balaban J connectivity index is 1.96. The van der Waals surface area contributed by atoms with E-state index in [1.807, 2.05) is 50.3 Å². The molecule has 5 heteroatoms. The van der Waals surface area contributed by atoms with Gasteiger partial charge in [0.05, 0.1) is 0 Å². The van der Waals surface area contributed by atoms with Crippen molar-refractivity contribution in [3.63, 3.8) is 0 Å². The first-order chi connectivity index (χ1) is 10.9. The van der Waals surface area contributed by atoms with Crippen molar-refractivity contribution >= 4 is 41.3 Å². The maximum atomic E-state index is 12.1. The molecule has 1 atom stereocenters. The van der Waals surface area contributed by atoms with Crippen LogP contribution in [0.15, 0.2) is 47.8 Å². The molecule has 0 aliphatic carbocycles. The first-order valence-electron chi connectivity index (χ1n) is 7.62. The molecule has 1 heterocycles. The van der Waals surface area contributed by atoms with Gasteiger partial charge in [0.15, 0.2) is 0 Å². The van der Waals surface area contributed by atoms with Crippen molar-refractivity contribution in [3.05, 3.63) is 53.4 Å². The van der Waals surface area contributed by atoms with Crippen LogP contribution in [0.3, 0.4) is 0 Å². The van der Waals surface area contributed by atoms with E-state index in [2.05, 4.69) is 35.0 Å². The van der Waals surface area contributed by atoms with Crippen LogP contribution in [0.4, 0.5) is 4.79 Å². The van der Waals surface area contributed by atoms with E-state index in [0.29, 0.717) is 0 Å². The molecule has 0 spiro atoms. The van der Waals surface area contributed by atoms with E-state index in [-0.39, 0.29) is 33.1 Å². The Morgan fingerprint density at radius 2 is 1.96 bits per heavy atom.